The number of amides is 3. The lowest BCUT2D eigenvalue weighted by molar-refractivity contribution is 0.102. The predicted molar refractivity (Wildman–Crippen MR) is 153 cm³/mol. The predicted octanol–water partition coefficient (Wildman–Crippen LogP) is 3.95. The Hall–Kier alpha value is -4.48. The number of benzene rings is 2. The maximum absolute atomic E-state index is 12.8. The van der Waals surface area contributed by atoms with E-state index in [-0.39, 0.29) is 11.9 Å². The van der Waals surface area contributed by atoms with Gasteiger partial charge in [0, 0.05) is 68.9 Å². The highest BCUT2D eigenvalue weighted by atomic mass is 16.5. The number of H-pyrrole nitrogens is 1. The molecule has 11 nitrogen and oxygen atoms in total. The molecule has 0 aliphatic carbocycles. The van der Waals surface area contributed by atoms with Crippen LogP contribution in [0.1, 0.15) is 34.2 Å². The number of carbonyl (C=O) groups excluding carboxylic acids is 2. The summed E-state index contributed by atoms with van der Waals surface area (Å²) in [4.78, 5) is 29.7. The number of carbonyl (C=O) groups is 2. The van der Waals surface area contributed by atoms with Gasteiger partial charge in [0.1, 0.15) is 11.6 Å². The van der Waals surface area contributed by atoms with Gasteiger partial charge in [0.2, 0.25) is 0 Å². The summed E-state index contributed by atoms with van der Waals surface area (Å²) in [6, 6.07) is 18.5. The van der Waals surface area contributed by atoms with Gasteiger partial charge in [-0.25, -0.2) is 4.79 Å². The second kappa shape index (κ2) is 12.6. The van der Waals surface area contributed by atoms with Gasteiger partial charge in [-0.15, -0.1) is 0 Å². The number of aromatic nitrogens is 3. The van der Waals surface area contributed by atoms with Crippen molar-refractivity contribution in [2.24, 2.45) is 0 Å². The molecule has 3 amide bonds. The zero-order valence-corrected chi connectivity index (χ0v) is 22.7. The van der Waals surface area contributed by atoms with E-state index in [1.165, 1.54) is 5.56 Å². The number of nitrogens with zero attached hydrogens (tertiary/aromatic N) is 4. The number of urea groups is 1. The lowest BCUT2D eigenvalue weighted by Crippen LogP contribution is -2.43. The van der Waals surface area contributed by atoms with E-state index < -0.39 is 0 Å². The van der Waals surface area contributed by atoms with Crippen LogP contribution >= 0.6 is 0 Å². The average Bonchev–Trinajstić information content (AvgIpc) is 3.63. The fourth-order valence-corrected chi connectivity index (χ4v) is 4.43. The summed E-state index contributed by atoms with van der Waals surface area (Å²) in [5.41, 5.74) is 4.30. The van der Waals surface area contributed by atoms with Gasteiger partial charge in [0.05, 0.1) is 5.69 Å². The van der Waals surface area contributed by atoms with Crippen molar-refractivity contribution in [1.29, 1.82) is 0 Å². The van der Waals surface area contributed by atoms with Crippen molar-refractivity contribution in [3.05, 3.63) is 83.1 Å². The van der Waals surface area contributed by atoms with Crippen molar-refractivity contribution in [3.8, 4) is 11.3 Å². The molecule has 0 bridgehead atoms. The van der Waals surface area contributed by atoms with Crippen LogP contribution < -0.4 is 16.0 Å². The number of hydrogen-bond acceptors (Lipinski definition) is 7. The molecule has 5 rings (SSSR count). The Bertz CT molecular complexity index is 1420. The number of likely N-dealkylation sites (N-methyl/N-ethyl adjacent to an activating group) is 1. The average molecular weight is 543 g/mol. The van der Waals surface area contributed by atoms with E-state index in [4.69, 9.17) is 4.52 Å². The highest BCUT2D eigenvalue weighted by Gasteiger charge is 2.15. The maximum Gasteiger partial charge on any atom is 0.320 e. The zero-order chi connectivity index (χ0) is 27.9. The third kappa shape index (κ3) is 7.13. The molecule has 208 valence electrons. The molecule has 0 saturated carbocycles. The topological polar surface area (TPSA) is 131 Å². The molecule has 0 atom stereocenters. The van der Waals surface area contributed by atoms with Gasteiger partial charge in [-0.3, -0.25) is 20.1 Å². The lowest BCUT2D eigenvalue weighted by Gasteiger charge is -2.32. The number of aryl methyl sites for hydroxylation is 1. The van der Waals surface area contributed by atoms with Crippen LogP contribution in [0.4, 0.5) is 16.4 Å². The Morgan fingerprint density at radius 2 is 1.68 bits per heavy atom. The van der Waals surface area contributed by atoms with Crippen LogP contribution in [0.5, 0.6) is 0 Å². The van der Waals surface area contributed by atoms with Crippen LogP contribution in [0.15, 0.2) is 65.2 Å². The molecule has 3 heterocycles. The third-order valence-corrected chi connectivity index (χ3v) is 6.90. The van der Waals surface area contributed by atoms with E-state index in [2.05, 4.69) is 48.2 Å². The van der Waals surface area contributed by atoms with Crippen LogP contribution in [-0.2, 0) is 19.5 Å². The Kier molecular flexibility index (Phi) is 8.53. The zero-order valence-electron chi connectivity index (χ0n) is 22.7. The van der Waals surface area contributed by atoms with Gasteiger partial charge in [-0.05, 0) is 30.3 Å². The largest absolute Gasteiger partial charge is 0.359 e. The van der Waals surface area contributed by atoms with Gasteiger partial charge in [0.15, 0.2) is 5.82 Å². The molecule has 1 saturated heterocycles. The monoisotopic (exact) mass is 542 g/mol. The van der Waals surface area contributed by atoms with E-state index in [1.54, 1.807) is 12.1 Å². The van der Waals surface area contributed by atoms with Crippen molar-refractivity contribution in [3.63, 3.8) is 0 Å². The highest BCUT2D eigenvalue weighted by Crippen LogP contribution is 2.21. The standard InChI is InChI=1S/C29H34N8O3/c1-3-24-16-27(35-40-24)32-29(39)30-18-20-4-8-22(9-5-20)25-17-26(34-33-25)31-28(38)23-10-6-21(7-11-23)19-37-14-12-36(2)13-15-37/h4-11,16-17H,3,12-15,18-19H2,1-2H3,(H2,30,32,35,39)(H2,31,33,34,38). The van der Waals surface area contributed by atoms with Crippen LogP contribution in [-0.4, -0.2) is 70.3 Å². The fourth-order valence-electron chi connectivity index (χ4n) is 4.43. The summed E-state index contributed by atoms with van der Waals surface area (Å²) in [5.74, 6) is 1.41. The van der Waals surface area contributed by atoms with Crippen molar-refractivity contribution < 1.29 is 14.1 Å². The summed E-state index contributed by atoms with van der Waals surface area (Å²) in [7, 11) is 2.15. The SMILES string of the molecule is CCc1cc(NC(=O)NCc2ccc(-c3cc(NC(=O)c4ccc(CN5CCN(C)CC5)cc4)[nH]n3)cc2)no1. The number of aromatic amines is 1. The molecule has 1 aliphatic heterocycles. The molecule has 2 aromatic carbocycles. The first-order chi connectivity index (χ1) is 19.4. The number of hydrogen-bond donors (Lipinski definition) is 4. The van der Waals surface area contributed by atoms with Gasteiger partial charge < -0.3 is 20.1 Å². The van der Waals surface area contributed by atoms with Gasteiger partial charge in [0.25, 0.3) is 5.91 Å². The number of nitrogens with one attached hydrogen (secondary N) is 4. The van der Waals surface area contributed by atoms with E-state index >= 15 is 0 Å². The highest BCUT2D eigenvalue weighted by molar-refractivity contribution is 6.04. The van der Waals surface area contributed by atoms with Gasteiger partial charge in [-0.1, -0.05) is 48.5 Å². The van der Waals surface area contributed by atoms with E-state index in [0.29, 0.717) is 41.6 Å². The molecule has 4 aromatic rings. The van der Waals surface area contributed by atoms with Gasteiger partial charge >= 0.3 is 6.03 Å². The Balaban J connectivity index is 1.10. The molecule has 0 spiro atoms. The molecule has 40 heavy (non-hydrogen) atoms. The third-order valence-electron chi connectivity index (χ3n) is 6.90. The normalized spacial score (nSPS) is 14.2. The number of anilines is 2. The van der Waals surface area contributed by atoms with E-state index in [0.717, 1.165) is 43.9 Å². The molecule has 0 unspecified atom stereocenters. The fraction of sp³-hybridized carbons (Fsp3) is 0.310. The first kappa shape index (κ1) is 27.1. The molecular weight excluding hydrogens is 508 g/mol. The van der Waals surface area contributed by atoms with Gasteiger partial charge in [-0.2, -0.15) is 5.10 Å². The van der Waals surface area contributed by atoms with Crippen LogP contribution in [0.25, 0.3) is 11.3 Å². The maximum atomic E-state index is 12.8. The quantitative estimate of drug-likeness (QED) is 0.252. The Labute approximate surface area is 232 Å². The summed E-state index contributed by atoms with van der Waals surface area (Å²) in [6.07, 6.45) is 0.706. The summed E-state index contributed by atoms with van der Waals surface area (Å²) >= 11 is 0. The lowest BCUT2D eigenvalue weighted by atomic mass is 10.1. The molecule has 4 N–H and O–H groups in total. The van der Waals surface area contributed by atoms with Crippen molar-refractivity contribution in [2.45, 2.75) is 26.4 Å². The van der Waals surface area contributed by atoms with E-state index in [9.17, 15) is 9.59 Å². The van der Waals surface area contributed by atoms with Crippen LogP contribution in [0.3, 0.4) is 0 Å². The Morgan fingerprint density at radius 1 is 0.950 bits per heavy atom. The second-order valence-corrected chi connectivity index (χ2v) is 9.93. The molecular formula is C29H34N8O3. The molecule has 1 aliphatic rings. The van der Waals surface area contributed by atoms with Crippen molar-refractivity contribution >= 4 is 23.6 Å². The molecule has 2 aromatic heterocycles. The summed E-state index contributed by atoms with van der Waals surface area (Å²) in [5, 5.41) is 19.4. The summed E-state index contributed by atoms with van der Waals surface area (Å²) < 4.78 is 5.08. The molecule has 1 fully saturated rings. The first-order valence-corrected chi connectivity index (χ1v) is 13.4. The van der Waals surface area contributed by atoms with Crippen LogP contribution in [0.2, 0.25) is 0 Å². The van der Waals surface area contributed by atoms with Crippen molar-refractivity contribution in [1.82, 2.24) is 30.5 Å². The minimum absolute atomic E-state index is 0.197. The second-order valence-electron chi connectivity index (χ2n) is 9.93. The smallest absolute Gasteiger partial charge is 0.320 e. The van der Waals surface area contributed by atoms with Crippen molar-refractivity contribution in [2.75, 3.05) is 43.9 Å². The van der Waals surface area contributed by atoms with E-state index in [1.807, 2.05) is 55.5 Å². The minimum Gasteiger partial charge on any atom is -0.359 e. The summed E-state index contributed by atoms with van der Waals surface area (Å²) in [6.45, 7) is 7.47. The number of piperazine rings is 1. The minimum atomic E-state index is -0.364. The first-order valence-electron chi connectivity index (χ1n) is 13.4. The number of rotatable bonds is 9. The van der Waals surface area contributed by atoms with Crippen LogP contribution in [0, 0.1) is 0 Å². The molecule has 0 radical (unpaired) electrons. The molecule has 11 heteroatoms. The Morgan fingerprint density at radius 3 is 2.38 bits per heavy atom.